The van der Waals surface area contributed by atoms with E-state index >= 15 is 0 Å². The summed E-state index contributed by atoms with van der Waals surface area (Å²) in [5.74, 6) is -1.24. The minimum atomic E-state index is -4.04. The number of carbonyl (C=O) groups excluding carboxylic acids is 1. The largest absolute Gasteiger partial charge is 0.361 e. The van der Waals surface area contributed by atoms with Crippen LogP contribution < -0.4 is 4.72 Å². The van der Waals surface area contributed by atoms with E-state index < -0.39 is 21.8 Å². The van der Waals surface area contributed by atoms with Crippen LogP contribution in [0.15, 0.2) is 108 Å². The maximum absolute atomic E-state index is 13.4. The lowest BCUT2D eigenvalue weighted by atomic mass is 9.91. The number of amides is 1. The Morgan fingerprint density at radius 3 is 2.33 bits per heavy atom. The van der Waals surface area contributed by atoms with E-state index in [1.807, 2.05) is 78.9 Å². The molecule has 0 radical (unpaired) electrons. The fourth-order valence-electron chi connectivity index (χ4n) is 4.17. The number of fused-ring (bicyclic) bond motifs is 2. The summed E-state index contributed by atoms with van der Waals surface area (Å²) in [5.41, 5.74) is 2.61. The van der Waals surface area contributed by atoms with Crippen molar-refractivity contribution in [3.05, 3.63) is 114 Å². The summed E-state index contributed by atoms with van der Waals surface area (Å²) in [6.45, 7) is 0. The Bertz CT molecular complexity index is 1560. The van der Waals surface area contributed by atoms with Crippen molar-refractivity contribution in [2.45, 2.75) is 17.2 Å². The molecule has 33 heavy (non-hydrogen) atoms. The second kappa shape index (κ2) is 8.56. The van der Waals surface area contributed by atoms with E-state index in [2.05, 4.69) is 9.71 Å². The molecule has 0 aliphatic carbocycles. The zero-order valence-electron chi connectivity index (χ0n) is 17.7. The van der Waals surface area contributed by atoms with Crippen LogP contribution in [0, 0.1) is 0 Å². The molecule has 5 aromatic rings. The van der Waals surface area contributed by atoms with Gasteiger partial charge in [0.15, 0.2) is 0 Å². The van der Waals surface area contributed by atoms with Crippen LogP contribution in [-0.4, -0.2) is 19.3 Å². The monoisotopic (exact) mass is 454 g/mol. The number of H-pyrrole nitrogens is 1. The molecule has 0 saturated heterocycles. The molecule has 1 heterocycles. The summed E-state index contributed by atoms with van der Waals surface area (Å²) in [4.78, 5) is 16.7. The van der Waals surface area contributed by atoms with Crippen LogP contribution in [0.3, 0.4) is 0 Å². The normalized spacial score (nSPS) is 12.6. The van der Waals surface area contributed by atoms with E-state index in [-0.39, 0.29) is 4.90 Å². The van der Waals surface area contributed by atoms with E-state index in [1.54, 1.807) is 18.3 Å². The van der Waals surface area contributed by atoms with Gasteiger partial charge in [-0.25, -0.2) is 13.1 Å². The van der Waals surface area contributed by atoms with Crippen LogP contribution in [0.1, 0.15) is 17.0 Å². The Morgan fingerprint density at radius 1 is 0.818 bits per heavy atom. The molecule has 0 bridgehead atoms. The van der Waals surface area contributed by atoms with Crippen LogP contribution in [-0.2, 0) is 21.2 Å². The molecule has 0 saturated carbocycles. The van der Waals surface area contributed by atoms with Gasteiger partial charge in [-0.3, -0.25) is 4.79 Å². The number of rotatable bonds is 6. The molecule has 0 aliphatic heterocycles. The number of para-hydroxylation sites is 1. The average molecular weight is 455 g/mol. The van der Waals surface area contributed by atoms with Gasteiger partial charge >= 0.3 is 0 Å². The van der Waals surface area contributed by atoms with Gasteiger partial charge in [-0.1, -0.05) is 78.9 Å². The Kier molecular flexibility index (Phi) is 5.44. The van der Waals surface area contributed by atoms with Gasteiger partial charge in [-0.05, 0) is 46.5 Å². The van der Waals surface area contributed by atoms with Gasteiger partial charge in [0, 0.05) is 17.1 Å². The van der Waals surface area contributed by atoms with Gasteiger partial charge < -0.3 is 4.98 Å². The van der Waals surface area contributed by atoms with Gasteiger partial charge in [-0.2, -0.15) is 0 Å². The summed E-state index contributed by atoms with van der Waals surface area (Å²) in [5, 5.41) is 2.63. The molecule has 5 nitrogen and oxygen atoms in total. The summed E-state index contributed by atoms with van der Waals surface area (Å²) in [7, 11) is -4.04. The molecule has 4 aromatic carbocycles. The van der Waals surface area contributed by atoms with Crippen molar-refractivity contribution in [3.63, 3.8) is 0 Å². The topological polar surface area (TPSA) is 79.0 Å². The van der Waals surface area contributed by atoms with Crippen molar-refractivity contribution in [2.75, 3.05) is 0 Å². The lowest BCUT2D eigenvalue weighted by molar-refractivity contribution is -0.120. The third-order valence-corrected chi connectivity index (χ3v) is 7.21. The highest BCUT2D eigenvalue weighted by molar-refractivity contribution is 7.90. The van der Waals surface area contributed by atoms with Crippen molar-refractivity contribution in [1.29, 1.82) is 0 Å². The summed E-state index contributed by atoms with van der Waals surface area (Å²) >= 11 is 0. The van der Waals surface area contributed by atoms with E-state index in [0.717, 1.165) is 32.8 Å². The standard InChI is InChI=1S/C27H22N2O3S/c30-27(29-33(31,32)22-15-14-20-10-4-5-11-21(20)17-22)24(16-19-8-2-1-3-9-19)25-18-28-26-13-7-6-12-23(25)26/h1-15,17-18,24,28H,16H2,(H,29,30). The minimum Gasteiger partial charge on any atom is -0.361 e. The Hall–Kier alpha value is -3.90. The Morgan fingerprint density at radius 2 is 1.52 bits per heavy atom. The Labute approximate surface area is 192 Å². The molecular weight excluding hydrogens is 432 g/mol. The fourth-order valence-corrected chi connectivity index (χ4v) is 5.23. The lowest BCUT2D eigenvalue weighted by Crippen LogP contribution is -2.35. The fraction of sp³-hybridized carbons (Fsp3) is 0.0741. The van der Waals surface area contributed by atoms with Crippen LogP contribution >= 0.6 is 0 Å². The highest BCUT2D eigenvalue weighted by Crippen LogP contribution is 2.29. The molecule has 1 amide bonds. The maximum atomic E-state index is 13.4. The summed E-state index contributed by atoms with van der Waals surface area (Å²) < 4.78 is 28.6. The zero-order valence-corrected chi connectivity index (χ0v) is 18.5. The second-order valence-corrected chi connectivity index (χ2v) is 9.69. The number of sulfonamides is 1. The number of nitrogens with one attached hydrogen (secondary N) is 2. The van der Waals surface area contributed by atoms with Crippen molar-refractivity contribution >= 4 is 37.6 Å². The molecule has 164 valence electrons. The molecule has 1 unspecified atom stereocenters. The number of carbonyl (C=O) groups is 1. The van der Waals surface area contributed by atoms with Crippen LogP contribution in [0.5, 0.6) is 0 Å². The van der Waals surface area contributed by atoms with Crippen LogP contribution in [0.2, 0.25) is 0 Å². The van der Waals surface area contributed by atoms with Crippen molar-refractivity contribution in [1.82, 2.24) is 9.71 Å². The molecule has 0 aliphatic rings. The van der Waals surface area contributed by atoms with Gasteiger partial charge in [0.2, 0.25) is 5.91 Å². The van der Waals surface area contributed by atoms with Gasteiger partial charge in [0.25, 0.3) is 10.0 Å². The van der Waals surface area contributed by atoms with E-state index in [0.29, 0.717) is 6.42 Å². The molecular formula is C27H22N2O3S. The number of hydrogen-bond acceptors (Lipinski definition) is 3. The number of benzene rings is 4. The molecule has 5 rings (SSSR count). The first-order chi connectivity index (χ1) is 16.0. The molecule has 6 heteroatoms. The van der Waals surface area contributed by atoms with E-state index in [4.69, 9.17) is 0 Å². The van der Waals surface area contributed by atoms with Gasteiger partial charge in [-0.15, -0.1) is 0 Å². The third kappa shape index (κ3) is 4.25. The van der Waals surface area contributed by atoms with Crippen molar-refractivity contribution in [2.24, 2.45) is 0 Å². The number of hydrogen-bond donors (Lipinski definition) is 2. The average Bonchev–Trinajstić information content (AvgIpc) is 3.26. The maximum Gasteiger partial charge on any atom is 0.264 e. The summed E-state index contributed by atoms with van der Waals surface area (Å²) in [6.07, 6.45) is 2.17. The number of aromatic amines is 1. The van der Waals surface area contributed by atoms with Crippen LogP contribution in [0.4, 0.5) is 0 Å². The second-order valence-electron chi connectivity index (χ2n) is 8.01. The first-order valence-corrected chi connectivity index (χ1v) is 12.1. The third-order valence-electron chi connectivity index (χ3n) is 5.86. The van der Waals surface area contributed by atoms with Crippen molar-refractivity contribution in [3.8, 4) is 0 Å². The Balaban J connectivity index is 1.51. The SMILES string of the molecule is O=C(NS(=O)(=O)c1ccc2ccccc2c1)C(Cc1ccccc1)c1c[nH]c2ccccc12. The highest BCUT2D eigenvalue weighted by atomic mass is 32.2. The molecule has 1 aromatic heterocycles. The summed E-state index contributed by atoms with van der Waals surface area (Å²) in [6, 6.07) is 29.7. The smallest absolute Gasteiger partial charge is 0.264 e. The highest BCUT2D eigenvalue weighted by Gasteiger charge is 2.28. The van der Waals surface area contributed by atoms with E-state index in [9.17, 15) is 13.2 Å². The minimum absolute atomic E-state index is 0.0620. The van der Waals surface area contributed by atoms with Crippen molar-refractivity contribution < 1.29 is 13.2 Å². The molecule has 0 spiro atoms. The first-order valence-electron chi connectivity index (χ1n) is 10.7. The predicted octanol–water partition coefficient (Wildman–Crippen LogP) is 5.15. The van der Waals surface area contributed by atoms with Gasteiger partial charge in [0.1, 0.15) is 0 Å². The number of aromatic nitrogens is 1. The molecule has 0 fully saturated rings. The first kappa shape index (κ1) is 21.0. The quantitative estimate of drug-likeness (QED) is 0.372. The van der Waals surface area contributed by atoms with Gasteiger partial charge in [0.05, 0.1) is 10.8 Å². The van der Waals surface area contributed by atoms with Crippen LogP contribution in [0.25, 0.3) is 21.7 Å². The molecule has 2 N–H and O–H groups in total. The lowest BCUT2D eigenvalue weighted by Gasteiger charge is -2.17. The zero-order chi connectivity index (χ0) is 22.8. The van der Waals surface area contributed by atoms with E-state index in [1.165, 1.54) is 6.07 Å². The predicted molar refractivity (Wildman–Crippen MR) is 130 cm³/mol. The molecule has 1 atom stereocenters.